The van der Waals surface area contributed by atoms with Crippen molar-refractivity contribution in [3.63, 3.8) is 0 Å². The summed E-state index contributed by atoms with van der Waals surface area (Å²) in [6, 6.07) is 19.0. The Morgan fingerprint density at radius 2 is 1.50 bits per heavy atom. The number of fused-ring (bicyclic) bond motifs is 1. The monoisotopic (exact) mass is 530 g/mol. The van der Waals surface area contributed by atoms with Gasteiger partial charge in [0.2, 0.25) is 0 Å². The molecule has 1 N–H and O–H groups in total. The first-order valence-electron chi connectivity index (χ1n) is 12.6. The van der Waals surface area contributed by atoms with Crippen LogP contribution in [0.4, 0.5) is 0 Å². The minimum absolute atomic E-state index is 0. The summed E-state index contributed by atoms with van der Waals surface area (Å²) in [7, 11) is 0. The number of aromatic nitrogens is 1. The number of amides is 1. The van der Waals surface area contributed by atoms with Crippen LogP contribution < -0.4 is 5.32 Å². The third-order valence-electron chi connectivity index (χ3n) is 7.15. The summed E-state index contributed by atoms with van der Waals surface area (Å²) in [6.07, 6.45) is 0. The standard InChI is InChI=1S/C29H38N4O.2ClH/c1-20(2)22(5)30-29(34)27-24-13-9-10-14-26(24)31-28(23-11-7-6-8-12-23)25(27)19-32-15-17-33(18-16-32)21(3)4;;/h6-14,20-22H,15-19H2,1-5H3,(H,30,34);2*1H. The van der Waals surface area contributed by atoms with Crippen LogP contribution in [0.2, 0.25) is 0 Å². The van der Waals surface area contributed by atoms with Crippen LogP contribution in [0.15, 0.2) is 54.6 Å². The van der Waals surface area contributed by atoms with Gasteiger partial charge in [-0.25, -0.2) is 4.98 Å². The second-order valence-corrected chi connectivity index (χ2v) is 10.1. The summed E-state index contributed by atoms with van der Waals surface area (Å²) in [5, 5.41) is 4.20. The molecule has 1 saturated heterocycles. The predicted octanol–water partition coefficient (Wildman–Crippen LogP) is 6.05. The number of carbonyl (C=O) groups is 1. The Kier molecular flexibility index (Phi) is 11.2. The molecule has 2 heterocycles. The van der Waals surface area contributed by atoms with Gasteiger partial charge >= 0.3 is 0 Å². The van der Waals surface area contributed by atoms with E-state index in [0.29, 0.717) is 18.5 Å². The van der Waals surface area contributed by atoms with E-state index in [1.54, 1.807) is 0 Å². The lowest BCUT2D eigenvalue weighted by molar-refractivity contribution is 0.0922. The molecule has 1 aromatic heterocycles. The maximum absolute atomic E-state index is 13.8. The van der Waals surface area contributed by atoms with Crippen molar-refractivity contribution < 1.29 is 4.79 Å². The van der Waals surface area contributed by atoms with Crippen molar-refractivity contribution in [1.82, 2.24) is 20.1 Å². The third kappa shape index (κ3) is 6.77. The number of pyridine rings is 1. The number of nitrogens with one attached hydrogen (secondary N) is 1. The van der Waals surface area contributed by atoms with Crippen LogP contribution in [-0.2, 0) is 6.54 Å². The Morgan fingerprint density at radius 1 is 0.889 bits per heavy atom. The Labute approximate surface area is 228 Å². The molecule has 0 bridgehead atoms. The van der Waals surface area contributed by atoms with Gasteiger partial charge in [0.05, 0.1) is 16.8 Å². The second-order valence-electron chi connectivity index (χ2n) is 10.1. The molecule has 1 aliphatic rings. The molecule has 36 heavy (non-hydrogen) atoms. The van der Waals surface area contributed by atoms with Gasteiger partial charge in [-0.2, -0.15) is 0 Å². The van der Waals surface area contributed by atoms with Crippen molar-refractivity contribution >= 4 is 41.6 Å². The third-order valence-corrected chi connectivity index (χ3v) is 7.15. The van der Waals surface area contributed by atoms with Crippen LogP contribution in [0.5, 0.6) is 0 Å². The lowest BCUT2D eigenvalue weighted by Gasteiger charge is -2.37. The first-order valence-corrected chi connectivity index (χ1v) is 12.6. The molecule has 0 aliphatic carbocycles. The molecule has 0 radical (unpaired) electrons. The maximum atomic E-state index is 13.8. The molecule has 196 valence electrons. The highest BCUT2D eigenvalue weighted by atomic mass is 35.5. The number of halogens is 2. The van der Waals surface area contributed by atoms with Crippen molar-refractivity contribution in [3.8, 4) is 11.3 Å². The van der Waals surface area contributed by atoms with Crippen molar-refractivity contribution in [2.24, 2.45) is 5.92 Å². The van der Waals surface area contributed by atoms with Crippen molar-refractivity contribution in [2.45, 2.75) is 53.2 Å². The highest BCUT2D eigenvalue weighted by Gasteiger charge is 2.26. The molecule has 1 unspecified atom stereocenters. The Morgan fingerprint density at radius 3 is 2.11 bits per heavy atom. The molecule has 1 aliphatic heterocycles. The summed E-state index contributed by atoms with van der Waals surface area (Å²) in [6.45, 7) is 15.7. The molecule has 0 spiro atoms. The van der Waals surface area contributed by atoms with Crippen LogP contribution in [0.3, 0.4) is 0 Å². The largest absolute Gasteiger partial charge is 0.349 e. The average molecular weight is 532 g/mol. The Hall–Kier alpha value is -2.18. The summed E-state index contributed by atoms with van der Waals surface area (Å²) >= 11 is 0. The quantitative estimate of drug-likeness (QED) is 0.404. The van der Waals surface area contributed by atoms with E-state index < -0.39 is 0 Å². The number of rotatable bonds is 7. The van der Waals surface area contributed by atoms with Gasteiger partial charge in [-0.05, 0) is 32.8 Å². The van der Waals surface area contributed by atoms with Crippen LogP contribution in [0.1, 0.15) is 50.5 Å². The fraction of sp³-hybridized carbons (Fsp3) is 0.448. The minimum atomic E-state index is -0.00667. The zero-order valence-electron chi connectivity index (χ0n) is 22.0. The molecule has 0 saturated carbocycles. The predicted molar refractivity (Wildman–Crippen MR) is 155 cm³/mol. The number of benzene rings is 2. The zero-order valence-corrected chi connectivity index (χ0v) is 23.7. The molecule has 3 aromatic rings. The number of piperazine rings is 1. The van der Waals surface area contributed by atoms with Crippen molar-refractivity contribution in [1.29, 1.82) is 0 Å². The molecule has 4 rings (SSSR count). The summed E-state index contributed by atoms with van der Waals surface area (Å²) in [5.74, 6) is 0.353. The fourth-order valence-corrected chi connectivity index (χ4v) is 4.61. The SMILES string of the molecule is CC(C)C(C)NC(=O)c1c(CN2CCN(C(C)C)CC2)c(-c2ccccc2)nc2ccccc12.Cl.Cl. The lowest BCUT2D eigenvalue weighted by Crippen LogP contribution is -2.48. The minimum Gasteiger partial charge on any atom is -0.349 e. The second kappa shape index (κ2) is 13.4. The van der Waals surface area contributed by atoms with E-state index in [9.17, 15) is 4.79 Å². The summed E-state index contributed by atoms with van der Waals surface area (Å²) in [5.41, 5.74) is 4.61. The molecule has 1 fully saturated rings. The Balaban J connectivity index is 0.00000228. The number of para-hydroxylation sites is 1. The topological polar surface area (TPSA) is 48.5 Å². The van der Waals surface area contributed by atoms with Gasteiger partial charge in [0.15, 0.2) is 0 Å². The van der Waals surface area contributed by atoms with E-state index >= 15 is 0 Å². The fourth-order valence-electron chi connectivity index (χ4n) is 4.61. The van der Waals surface area contributed by atoms with Gasteiger partial charge in [-0.3, -0.25) is 14.6 Å². The highest BCUT2D eigenvalue weighted by Crippen LogP contribution is 2.32. The molecule has 1 amide bonds. The van der Waals surface area contributed by atoms with Gasteiger partial charge < -0.3 is 5.32 Å². The summed E-state index contributed by atoms with van der Waals surface area (Å²) in [4.78, 5) is 23.9. The normalized spacial score (nSPS) is 15.4. The van der Waals surface area contributed by atoms with E-state index in [0.717, 1.165) is 59.5 Å². The molecular formula is C29H40Cl2N4O. The van der Waals surface area contributed by atoms with E-state index in [2.05, 4.69) is 61.9 Å². The smallest absolute Gasteiger partial charge is 0.252 e. The number of carbonyl (C=O) groups excluding carboxylic acids is 1. The van der Waals surface area contributed by atoms with Gasteiger partial charge in [-0.1, -0.05) is 62.4 Å². The first kappa shape index (κ1) is 30.0. The number of hydrogen-bond acceptors (Lipinski definition) is 4. The Bertz CT molecular complexity index is 1130. The first-order chi connectivity index (χ1) is 16.3. The van der Waals surface area contributed by atoms with Gasteiger partial charge in [0, 0.05) is 61.3 Å². The van der Waals surface area contributed by atoms with Crippen molar-refractivity contribution in [3.05, 3.63) is 65.7 Å². The van der Waals surface area contributed by atoms with Crippen LogP contribution >= 0.6 is 24.8 Å². The number of hydrogen-bond donors (Lipinski definition) is 1. The van der Waals surface area contributed by atoms with Crippen LogP contribution in [0, 0.1) is 5.92 Å². The molecule has 5 nitrogen and oxygen atoms in total. The van der Waals surface area contributed by atoms with Crippen molar-refractivity contribution in [2.75, 3.05) is 26.2 Å². The molecule has 7 heteroatoms. The van der Waals surface area contributed by atoms with Crippen LogP contribution in [-0.4, -0.2) is 59.0 Å². The van der Waals surface area contributed by atoms with E-state index in [1.807, 2.05) is 42.5 Å². The van der Waals surface area contributed by atoms with Gasteiger partial charge in [-0.15, -0.1) is 24.8 Å². The maximum Gasteiger partial charge on any atom is 0.252 e. The lowest BCUT2D eigenvalue weighted by atomic mass is 9.94. The van der Waals surface area contributed by atoms with E-state index in [4.69, 9.17) is 4.98 Å². The zero-order chi connectivity index (χ0) is 24.2. The molecular weight excluding hydrogens is 491 g/mol. The van der Waals surface area contributed by atoms with Gasteiger partial charge in [0.1, 0.15) is 0 Å². The van der Waals surface area contributed by atoms with Gasteiger partial charge in [0.25, 0.3) is 5.91 Å². The highest BCUT2D eigenvalue weighted by molar-refractivity contribution is 6.09. The van der Waals surface area contributed by atoms with Crippen LogP contribution in [0.25, 0.3) is 22.2 Å². The van der Waals surface area contributed by atoms with E-state index in [1.165, 1.54) is 0 Å². The number of nitrogens with zero attached hydrogens (tertiary/aromatic N) is 3. The molecule has 2 aromatic carbocycles. The average Bonchev–Trinajstić information content (AvgIpc) is 2.84. The van der Waals surface area contributed by atoms with E-state index in [-0.39, 0.29) is 36.8 Å². The molecule has 1 atom stereocenters. The summed E-state index contributed by atoms with van der Waals surface area (Å²) < 4.78 is 0.